The molecule has 0 bridgehead atoms. The van der Waals surface area contributed by atoms with E-state index in [1.807, 2.05) is 68.4 Å². The highest BCUT2D eigenvalue weighted by Gasteiger charge is 2.31. The first-order valence-corrected chi connectivity index (χ1v) is 9.55. The van der Waals surface area contributed by atoms with Crippen LogP contribution in [0.15, 0.2) is 73.1 Å². The molecule has 142 valence electrons. The molecular formula is C24H20N4O. The number of aromatic nitrogens is 4. The van der Waals surface area contributed by atoms with E-state index in [2.05, 4.69) is 26.2 Å². The molecule has 29 heavy (non-hydrogen) atoms. The third-order valence-electron chi connectivity index (χ3n) is 5.56. The van der Waals surface area contributed by atoms with Gasteiger partial charge in [0.05, 0.1) is 16.6 Å². The molecule has 0 fully saturated rings. The van der Waals surface area contributed by atoms with Crippen LogP contribution in [-0.2, 0) is 5.41 Å². The number of hydrogen-bond acceptors (Lipinski definition) is 3. The van der Waals surface area contributed by atoms with Crippen LogP contribution in [0.5, 0.6) is 0 Å². The summed E-state index contributed by atoms with van der Waals surface area (Å²) in [5.41, 5.74) is 4.71. The fraction of sp³-hybridized carbons (Fsp3) is 0.125. The summed E-state index contributed by atoms with van der Waals surface area (Å²) in [6, 6.07) is 19.8. The van der Waals surface area contributed by atoms with Gasteiger partial charge in [0.15, 0.2) is 5.78 Å². The quantitative estimate of drug-likeness (QED) is 0.417. The van der Waals surface area contributed by atoms with Gasteiger partial charge < -0.3 is 4.98 Å². The van der Waals surface area contributed by atoms with Gasteiger partial charge in [-0.1, -0.05) is 30.3 Å². The Balaban J connectivity index is 1.60. The molecule has 5 heteroatoms. The van der Waals surface area contributed by atoms with Crippen LogP contribution < -0.4 is 0 Å². The molecule has 0 amide bonds. The number of fused-ring (bicyclic) bond motifs is 2. The maximum atomic E-state index is 13.3. The van der Waals surface area contributed by atoms with Crippen molar-refractivity contribution < 1.29 is 4.79 Å². The Kier molecular flexibility index (Phi) is 3.84. The first kappa shape index (κ1) is 17.4. The lowest BCUT2D eigenvalue weighted by Crippen LogP contribution is -2.29. The molecule has 0 saturated carbocycles. The molecule has 2 aromatic carbocycles. The van der Waals surface area contributed by atoms with Crippen LogP contribution in [0.1, 0.15) is 29.9 Å². The number of Topliss-reactive ketones (excluding diaryl/α,β-unsaturated/α-hetero) is 1. The Labute approximate surface area is 167 Å². The second-order valence-electron chi connectivity index (χ2n) is 7.80. The van der Waals surface area contributed by atoms with E-state index in [1.54, 1.807) is 12.4 Å². The van der Waals surface area contributed by atoms with Crippen molar-refractivity contribution in [1.29, 1.82) is 0 Å². The zero-order valence-corrected chi connectivity index (χ0v) is 16.2. The summed E-state index contributed by atoms with van der Waals surface area (Å²) in [7, 11) is 0. The van der Waals surface area contributed by atoms with E-state index in [0.29, 0.717) is 5.69 Å². The maximum absolute atomic E-state index is 13.3. The van der Waals surface area contributed by atoms with Gasteiger partial charge in [0.1, 0.15) is 5.69 Å². The van der Waals surface area contributed by atoms with E-state index < -0.39 is 5.41 Å². The fourth-order valence-electron chi connectivity index (χ4n) is 3.82. The summed E-state index contributed by atoms with van der Waals surface area (Å²) < 4.78 is 0. The molecule has 5 aromatic rings. The van der Waals surface area contributed by atoms with E-state index in [0.717, 1.165) is 38.6 Å². The normalized spacial score (nSPS) is 11.9. The maximum Gasteiger partial charge on any atom is 0.188 e. The smallest absolute Gasteiger partial charge is 0.188 e. The van der Waals surface area contributed by atoms with Crippen LogP contribution in [0.2, 0.25) is 0 Å². The number of H-pyrrole nitrogens is 2. The number of benzene rings is 2. The highest BCUT2D eigenvalue weighted by Crippen LogP contribution is 2.32. The van der Waals surface area contributed by atoms with Crippen molar-refractivity contribution in [3.63, 3.8) is 0 Å². The van der Waals surface area contributed by atoms with Crippen molar-refractivity contribution in [1.82, 2.24) is 20.2 Å². The number of hydrogen-bond donors (Lipinski definition) is 2. The zero-order valence-electron chi connectivity index (χ0n) is 16.2. The Morgan fingerprint density at radius 1 is 0.931 bits per heavy atom. The summed E-state index contributed by atoms with van der Waals surface area (Å²) in [6.07, 6.45) is 3.51. The number of nitrogens with one attached hydrogen (secondary N) is 2. The van der Waals surface area contributed by atoms with Gasteiger partial charge in [-0.05, 0) is 49.7 Å². The molecule has 0 spiro atoms. The van der Waals surface area contributed by atoms with Crippen LogP contribution in [0, 0.1) is 0 Å². The number of aromatic amines is 2. The summed E-state index contributed by atoms with van der Waals surface area (Å²) in [5, 5.41) is 9.57. The van der Waals surface area contributed by atoms with Gasteiger partial charge in [-0.15, -0.1) is 0 Å². The van der Waals surface area contributed by atoms with E-state index >= 15 is 0 Å². The molecule has 3 aromatic heterocycles. The van der Waals surface area contributed by atoms with Crippen LogP contribution >= 0.6 is 0 Å². The molecule has 0 aliphatic heterocycles. The van der Waals surface area contributed by atoms with Gasteiger partial charge in [0.25, 0.3) is 0 Å². The minimum atomic E-state index is -0.618. The third-order valence-corrected chi connectivity index (χ3v) is 5.56. The van der Waals surface area contributed by atoms with Crippen molar-refractivity contribution in [2.45, 2.75) is 19.3 Å². The second-order valence-corrected chi connectivity index (χ2v) is 7.80. The van der Waals surface area contributed by atoms with Gasteiger partial charge in [-0.3, -0.25) is 14.9 Å². The standard InChI is InChI=1S/C24H20N4O/c1-24(2,17-6-4-3-5-7-17)23(29)21-13-16-12-18-20(14-19(16)26-21)27-28-22(18)15-8-10-25-11-9-15/h3-14,26H,1-2H3,(H,27,28). The molecular weight excluding hydrogens is 360 g/mol. The van der Waals surface area contributed by atoms with E-state index in [4.69, 9.17) is 0 Å². The van der Waals surface area contributed by atoms with E-state index in [1.165, 1.54) is 0 Å². The number of ketones is 1. The Bertz CT molecular complexity index is 1330. The first-order valence-electron chi connectivity index (χ1n) is 9.55. The molecule has 5 nitrogen and oxygen atoms in total. The Hall–Kier alpha value is -3.73. The Morgan fingerprint density at radius 2 is 1.69 bits per heavy atom. The summed E-state index contributed by atoms with van der Waals surface area (Å²) in [5.74, 6) is 0.0658. The van der Waals surface area contributed by atoms with Gasteiger partial charge in [-0.2, -0.15) is 5.10 Å². The average molecular weight is 380 g/mol. The average Bonchev–Trinajstić information content (AvgIpc) is 3.36. The zero-order chi connectivity index (χ0) is 20.0. The number of carbonyl (C=O) groups excluding carboxylic acids is 1. The first-order chi connectivity index (χ1) is 14.0. The summed E-state index contributed by atoms with van der Waals surface area (Å²) >= 11 is 0. The van der Waals surface area contributed by atoms with Gasteiger partial charge in [-0.25, -0.2) is 0 Å². The molecule has 0 saturated heterocycles. The topological polar surface area (TPSA) is 74.4 Å². The predicted octanol–water partition coefficient (Wildman–Crippen LogP) is 5.27. The summed E-state index contributed by atoms with van der Waals surface area (Å²) in [4.78, 5) is 20.7. The van der Waals surface area contributed by atoms with Crippen LogP contribution in [0.4, 0.5) is 0 Å². The SMILES string of the molecule is CC(C)(C(=O)c1cc2cc3c(-c4ccncc4)n[nH]c3cc2[nH]1)c1ccccc1. The number of pyridine rings is 1. The van der Waals surface area contributed by atoms with Crippen molar-refractivity contribution in [2.24, 2.45) is 0 Å². The second kappa shape index (κ2) is 6.41. The minimum Gasteiger partial charge on any atom is -0.352 e. The third kappa shape index (κ3) is 2.83. The number of rotatable bonds is 4. The van der Waals surface area contributed by atoms with Gasteiger partial charge in [0.2, 0.25) is 0 Å². The molecule has 2 N–H and O–H groups in total. The van der Waals surface area contributed by atoms with Crippen molar-refractivity contribution >= 4 is 27.6 Å². The fourth-order valence-corrected chi connectivity index (χ4v) is 3.82. The van der Waals surface area contributed by atoms with Crippen molar-refractivity contribution in [2.75, 3.05) is 0 Å². The Morgan fingerprint density at radius 3 is 2.45 bits per heavy atom. The largest absolute Gasteiger partial charge is 0.352 e. The molecule has 0 radical (unpaired) electrons. The molecule has 3 heterocycles. The van der Waals surface area contributed by atoms with Crippen LogP contribution in [-0.4, -0.2) is 25.9 Å². The van der Waals surface area contributed by atoms with Crippen LogP contribution in [0.25, 0.3) is 33.1 Å². The number of carbonyl (C=O) groups is 1. The predicted molar refractivity (Wildman–Crippen MR) is 115 cm³/mol. The highest BCUT2D eigenvalue weighted by atomic mass is 16.1. The highest BCUT2D eigenvalue weighted by molar-refractivity contribution is 6.08. The van der Waals surface area contributed by atoms with Gasteiger partial charge in [0, 0.05) is 34.2 Å². The lowest BCUT2D eigenvalue weighted by Gasteiger charge is -2.22. The minimum absolute atomic E-state index is 0.0658. The molecule has 0 aliphatic carbocycles. The van der Waals surface area contributed by atoms with Crippen LogP contribution in [0.3, 0.4) is 0 Å². The van der Waals surface area contributed by atoms with Crippen molar-refractivity contribution in [3.05, 3.63) is 84.3 Å². The molecule has 0 aliphatic rings. The molecule has 0 atom stereocenters. The van der Waals surface area contributed by atoms with Gasteiger partial charge >= 0.3 is 0 Å². The van der Waals surface area contributed by atoms with E-state index in [9.17, 15) is 4.79 Å². The van der Waals surface area contributed by atoms with Crippen molar-refractivity contribution in [3.8, 4) is 11.3 Å². The van der Waals surface area contributed by atoms with E-state index in [-0.39, 0.29) is 5.78 Å². The molecule has 5 rings (SSSR count). The monoisotopic (exact) mass is 380 g/mol. The lowest BCUT2D eigenvalue weighted by atomic mass is 9.79. The number of nitrogens with zero attached hydrogens (tertiary/aromatic N) is 2. The lowest BCUT2D eigenvalue weighted by molar-refractivity contribution is 0.0904. The summed E-state index contributed by atoms with van der Waals surface area (Å²) in [6.45, 7) is 3.93. The molecule has 0 unspecified atom stereocenters.